The lowest BCUT2D eigenvalue weighted by molar-refractivity contribution is 0.137. The zero-order chi connectivity index (χ0) is 13.5. The van der Waals surface area contributed by atoms with E-state index in [1.165, 1.54) is 0 Å². The number of benzene rings is 2. The third-order valence-corrected chi connectivity index (χ3v) is 2.37. The maximum atomic E-state index is 9.71. The van der Waals surface area contributed by atoms with Gasteiger partial charge < -0.3 is 15.3 Å². The summed E-state index contributed by atoms with van der Waals surface area (Å²) in [7, 11) is 0. The quantitative estimate of drug-likeness (QED) is 0.710. The summed E-state index contributed by atoms with van der Waals surface area (Å²) < 4.78 is 0. The number of aliphatic hydroxyl groups is 1. The van der Waals surface area contributed by atoms with Crippen molar-refractivity contribution < 1.29 is 20.1 Å². The lowest BCUT2D eigenvalue weighted by Crippen LogP contribution is -1.93. The van der Waals surface area contributed by atoms with E-state index in [1.54, 1.807) is 6.08 Å². The van der Waals surface area contributed by atoms with E-state index in [1.807, 2.05) is 42.5 Å². The second-order valence-electron chi connectivity index (χ2n) is 3.53. The van der Waals surface area contributed by atoms with E-state index in [0.717, 1.165) is 16.3 Å². The van der Waals surface area contributed by atoms with Gasteiger partial charge in [0.05, 0.1) is 6.10 Å². The highest BCUT2D eigenvalue weighted by Gasteiger charge is 2.05. The van der Waals surface area contributed by atoms with Crippen LogP contribution >= 0.6 is 0 Å². The van der Waals surface area contributed by atoms with E-state index in [-0.39, 0.29) is 0 Å². The van der Waals surface area contributed by atoms with Crippen LogP contribution < -0.4 is 0 Å². The Labute approximate surface area is 104 Å². The summed E-state index contributed by atoms with van der Waals surface area (Å²) in [5.74, 6) is 0. The Morgan fingerprint density at radius 1 is 1.11 bits per heavy atom. The number of hydrogen-bond donors (Lipinski definition) is 3. The molecule has 0 aromatic heterocycles. The van der Waals surface area contributed by atoms with Gasteiger partial charge in [0.1, 0.15) is 0 Å². The minimum Gasteiger partial charge on any atom is -0.450 e. The van der Waals surface area contributed by atoms with Crippen molar-refractivity contribution in [3.05, 3.63) is 60.7 Å². The minimum absolute atomic E-state index is 0.582. The standard InChI is InChI=1S/C13H12O.CH2O3/c1-2-13(14)12-9-5-7-10-6-3-4-8-11(10)12;2-1(3)4/h2-9,13-14H,1H2;(H2,2,3,4). The van der Waals surface area contributed by atoms with Crippen LogP contribution in [0.1, 0.15) is 11.7 Å². The molecular formula is C14H14O4. The van der Waals surface area contributed by atoms with Crippen molar-refractivity contribution in [2.24, 2.45) is 0 Å². The molecule has 0 bridgehead atoms. The highest BCUT2D eigenvalue weighted by molar-refractivity contribution is 5.86. The largest absolute Gasteiger partial charge is 0.503 e. The van der Waals surface area contributed by atoms with Crippen LogP contribution in [-0.4, -0.2) is 21.5 Å². The first kappa shape index (κ1) is 13.7. The molecule has 2 aromatic rings. The number of rotatable bonds is 2. The van der Waals surface area contributed by atoms with Crippen LogP contribution in [0.25, 0.3) is 10.8 Å². The van der Waals surface area contributed by atoms with E-state index in [2.05, 4.69) is 6.58 Å². The Kier molecular flexibility index (Phi) is 4.90. The number of fused-ring (bicyclic) bond motifs is 1. The monoisotopic (exact) mass is 246 g/mol. The second-order valence-corrected chi connectivity index (χ2v) is 3.53. The van der Waals surface area contributed by atoms with Crippen molar-refractivity contribution in [3.8, 4) is 0 Å². The average molecular weight is 246 g/mol. The highest BCUT2D eigenvalue weighted by Crippen LogP contribution is 2.24. The summed E-state index contributed by atoms with van der Waals surface area (Å²) in [4.78, 5) is 8.56. The molecule has 0 radical (unpaired) electrons. The molecule has 0 saturated heterocycles. The lowest BCUT2D eigenvalue weighted by Gasteiger charge is -2.09. The molecule has 0 amide bonds. The summed E-state index contributed by atoms with van der Waals surface area (Å²) in [5, 5.41) is 25.9. The Morgan fingerprint density at radius 2 is 1.67 bits per heavy atom. The first-order chi connectivity index (χ1) is 8.56. The number of carboxylic acid groups (broad SMARTS) is 2. The second kappa shape index (κ2) is 6.42. The summed E-state index contributed by atoms with van der Waals surface area (Å²) in [5.41, 5.74) is 0.915. The fraction of sp³-hybridized carbons (Fsp3) is 0.0714. The Hall–Kier alpha value is -2.33. The molecule has 0 aliphatic rings. The summed E-state index contributed by atoms with van der Waals surface area (Å²) >= 11 is 0. The molecule has 18 heavy (non-hydrogen) atoms. The van der Waals surface area contributed by atoms with E-state index in [0.29, 0.717) is 0 Å². The van der Waals surface area contributed by atoms with Gasteiger partial charge in [-0.15, -0.1) is 6.58 Å². The van der Waals surface area contributed by atoms with Gasteiger partial charge in [-0.2, -0.15) is 0 Å². The van der Waals surface area contributed by atoms with Gasteiger partial charge >= 0.3 is 6.16 Å². The summed E-state index contributed by atoms with van der Waals surface area (Å²) in [6.45, 7) is 3.59. The molecule has 2 aromatic carbocycles. The smallest absolute Gasteiger partial charge is 0.450 e. The van der Waals surface area contributed by atoms with Gasteiger partial charge in [0.2, 0.25) is 0 Å². The zero-order valence-corrected chi connectivity index (χ0v) is 9.65. The van der Waals surface area contributed by atoms with Gasteiger partial charge in [0, 0.05) is 0 Å². The Morgan fingerprint density at radius 3 is 2.28 bits per heavy atom. The molecule has 0 heterocycles. The van der Waals surface area contributed by atoms with Crippen LogP contribution in [-0.2, 0) is 0 Å². The van der Waals surface area contributed by atoms with E-state index < -0.39 is 12.3 Å². The van der Waals surface area contributed by atoms with Crippen molar-refractivity contribution in [1.82, 2.24) is 0 Å². The van der Waals surface area contributed by atoms with Crippen LogP contribution in [0.3, 0.4) is 0 Å². The van der Waals surface area contributed by atoms with Crippen LogP contribution in [0.5, 0.6) is 0 Å². The molecule has 4 heteroatoms. The molecule has 4 nitrogen and oxygen atoms in total. The van der Waals surface area contributed by atoms with Crippen molar-refractivity contribution in [1.29, 1.82) is 0 Å². The molecule has 0 fully saturated rings. The number of hydrogen-bond acceptors (Lipinski definition) is 2. The molecule has 1 atom stereocenters. The first-order valence-corrected chi connectivity index (χ1v) is 5.26. The Balaban J connectivity index is 0.000000357. The van der Waals surface area contributed by atoms with E-state index in [9.17, 15) is 5.11 Å². The molecule has 1 unspecified atom stereocenters. The zero-order valence-electron chi connectivity index (χ0n) is 9.65. The number of aliphatic hydroxyl groups excluding tert-OH is 1. The third kappa shape index (κ3) is 3.61. The highest BCUT2D eigenvalue weighted by atomic mass is 16.6. The third-order valence-electron chi connectivity index (χ3n) is 2.37. The van der Waals surface area contributed by atoms with Crippen molar-refractivity contribution in [2.75, 3.05) is 0 Å². The first-order valence-electron chi connectivity index (χ1n) is 5.26. The van der Waals surface area contributed by atoms with Gasteiger partial charge in [-0.3, -0.25) is 0 Å². The van der Waals surface area contributed by atoms with Crippen molar-refractivity contribution >= 4 is 16.9 Å². The van der Waals surface area contributed by atoms with Crippen LogP contribution in [0.2, 0.25) is 0 Å². The number of carbonyl (C=O) groups is 1. The minimum atomic E-state index is -1.83. The van der Waals surface area contributed by atoms with Gasteiger partial charge in [0.15, 0.2) is 0 Å². The van der Waals surface area contributed by atoms with Crippen molar-refractivity contribution in [2.45, 2.75) is 6.10 Å². The molecule has 3 N–H and O–H groups in total. The topological polar surface area (TPSA) is 77.8 Å². The normalized spacial score (nSPS) is 11.2. The van der Waals surface area contributed by atoms with Gasteiger partial charge in [-0.25, -0.2) is 4.79 Å². The molecule has 2 rings (SSSR count). The summed E-state index contributed by atoms with van der Waals surface area (Å²) in [6.07, 6.45) is -0.872. The van der Waals surface area contributed by atoms with Gasteiger partial charge in [0.25, 0.3) is 0 Å². The van der Waals surface area contributed by atoms with E-state index in [4.69, 9.17) is 15.0 Å². The van der Waals surface area contributed by atoms with Crippen LogP contribution in [0.15, 0.2) is 55.1 Å². The maximum Gasteiger partial charge on any atom is 0.503 e. The molecule has 0 aliphatic carbocycles. The van der Waals surface area contributed by atoms with E-state index >= 15 is 0 Å². The molecular weight excluding hydrogens is 232 g/mol. The SMILES string of the molecule is C=CC(O)c1cccc2ccccc12.O=C(O)O. The van der Waals surface area contributed by atoms with Crippen LogP contribution in [0.4, 0.5) is 4.79 Å². The fourth-order valence-corrected chi connectivity index (χ4v) is 1.64. The van der Waals surface area contributed by atoms with Crippen molar-refractivity contribution in [3.63, 3.8) is 0 Å². The predicted molar refractivity (Wildman–Crippen MR) is 69.8 cm³/mol. The molecule has 0 spiro atoms. The maximum absolute atomic E-state index is 9.71. The predicted octanol–water partition coefficient (Wildman–Crippen LogP) is 3.28. The molecule has 94 valence electrons. The van der Waals surface area contributed by atoms with Crippen LogP contribution in [0, 0.1) is 0 Å². The molecule has 0 aliphatic heterocycles. The van der Waals surface area contributed by atoms with Gasteiger partial charge in [-0.1, -0.05) is 48.5 Å². The summed E-state index contributed by atoms with van der Waals surface area (Å²) in [6, 6.07) is 13.9. The van der Waals surface area contributed by atoms with Gasteiger partial charge in [-0.05, 0) is 16.3 Å². The Bertz CT molecular complexity index is 539. The molecule has 0 saturated carbocycles. The lowest BCUT2D eigenvalue weighted by atomic mass is 10.0. The average Bonchev–Trinajstić information content (AvgIpc) is 2.36. The fourth-order valence-electron chi connectivity index (χ4n) is 1.64.